The van der Waals surface area contributed by atoms with E-state index in [9.17, 15) is 4.79 Å². The fourth-order valence-electron chi connectivity index (χ4n) is 3.68. The van der Waals surface area contributed by atoms with Crippen LogP contribution in [0.1, 0.15) is 40.4 Å². The van der Waals surface area contributed by atoms with Crippen LogP contribution in [0.3, 0.4) is 0 Å². The zero-order valence-electron chi connectivity index (χ0n) is 16.6. The predicted octanol–water partition coefficient (Wildman–Crippen LogP) is 5.93. The van der Waals surface area contributed by atoms with Crippen molar-refractivity contribution in [3.8, 4) is 5.75 Å². The molecule has 6 nitrogen and oxygen atoms in total. The highest BCUT2D eigenvalue weighted by molar-refractivity contribution is 7.12. The number of hydrazone groups is 1. The number of halogens is 1. The maximum Gasteiger partial charge on any atom is 0.310 e. The standard InChI is InChI=1S/C23H18ClN3O3S/c1-2-29-15-7-8-17-14(11-15)12-16(22(24)25-17)19-13-18(21-6-4-10-31-21)26-27(19)23(28)20-5-3-9-30-20/h3-12,19H,2,13H2,1H3. The molecule has 0 spiro atoms. The van der Waals surface area contributed by atoms with E-state index < -0.39 is 6.04 Å². The molecule has 1 aliphatic heterocycles. The Morgan fingerprint density at radius 1 is 1.29 bits per heavy atom. The van der Waals surface area contributed by atoms with Crippen LogP contribution in [0.15, 0.2) is 69.7 Å². The number of fused-ring (bicyclic) bond motifs is 1. The summed E-state index contributed by atoms with van der Waals surface area (Å²) >= 11 is 8.19. The van der Waals surface area contributed by atoms with Gasteiger partial charge < -0.3 is 9.15 Å². The topological polar surface area (TPSA) is 67.9 Å². The van der Waals surface area contributed by atoms with Crippen molar-refractivity contribution in [1.29, 1.82) is 0 Å². The largest absolute Gasteiger partial charge is 0.494 e. The third kappa shape index (κ3) is 3.71. The zero-order chi connectivity index (χ0) is 21.4. The Labute approximate surface area is 187 Å². The van der Waals surface area contributed by atoms with E-state index in [1.165, 1.54) is 11.3 Å². The number of carbonyl (C=O) groups is 1. The van der Waals surface area contributed by atoms with Gasteiger partial charge in [0.2, 0.25) is 0 Å². The van der Waals surface area contributed by atoms with Gasteiger partial charge in [-0.1, -0.05) is 17.7 Å². The van der Waals surface area contributed by atoms with Crippen molar-refractivity contribution < 1.29 is 13.9 Å². The molecular weight excluding hydrogens is 434 g/mol. The minimum Gasteiger partial charge on any atom is -0.494 e. The molecule has 0 saturated carbocycles. The lowest BCUT2D eigenvalue weighted by Crippen LogP contribution is -2.27. The minimum absolute atomic E-state index is 0.227. The first-order chi connectivity index (χ1) is 15.1. The first-order valence-corrected chi connectivity index (χ1v) is 11.1. The Morgan fingerprint density at radius 3 is 2.94 bits per heavy atom. The molecule has 0 fully saturated rings. The second-order valence-electron chi connectivity index (χ2n) is 7.03. The molecule has 3 aromatic heterocycles. The number of thiophene rings is 1. The van der Waals surface area contributed by atoms with Crippen molar-refractivity contribution in [2.24, 2.45) is 5.10 Å². The Kier molecular flexibility index (Phi) is 5.21. The molecule has 31 heavy (non-hydrogen) atoms. The van der Waals surface area contributed by atoms with Gasteiger partial charge in [-0.3, -0.25) is 4.79 Å². The molecule has 1 aliphatic rings. The molecule has 0 bridgehead atoms. The summed E-state index contributed by atoms with van der Waals surface area (Å²) in [4.78, 5) is 18.7. The summed E-state index contributed by atoms with van der Waals surface area (Å²) in [5.74, 6) is 0.668. The lowest BCUT2D eigenvalue weighted by atomic mass is 10.0. The van der Waals surface area contributed by atoms with E-state index in [0.29, 0.717) is 18.2 Å². The molecule has 0 aliphatic carbocycles. The highest BCUT2D eigenvalue weighted by atomic mass is 35.5. The predicted molar refractivity (Wildman–Crippen MR) is 121 cm³/mol. The Morgan fingerprint density at radius 2 is 2.19 bits per heavy atom. The van der Waals surface area contributed by atoms with Crippen LogP contribution in [0.4, 0.5) is 0 Å². The lowest BCUT2D eigenvalue weighted by Gasteiger charge is -2.22. The van der Waals surface area contributed by atoms with Crippen LogP contribution in [0.5, 0.6) is 5.75 Å². The molecule has 0 N–H and O–H groups in total. The van der Waals surface area contributed by atoms with Gasteiger partial charge in [-0.15, -0.1) is 11.3 Å². The molecule has 5 rings (SSSR count). The van der Waals surface area contributed by atoms with Crippen molar-refractivity contribution in [3.05, 3.63) is 81.5 Å². The van der Waals surface area contributed by atoms with Crippen LogP contribution in [-0.4, -0.2) is 28.2 Å². The van der Waals surface area contributed by atoms with E-state index in [0.717, 1.165) is 32.8 Å². The van der Waals surface area contributed by atoms with Crippen LogP contribution >= 0.6 is 22.9 Å². The van der Waals surface area contributed by atoms with Crippen LogP contribution in [0.25, 0.3) is 10.9 Å². The average Bonchev–Trinajstić information content (AvgIpc) is 3.54. The van der Waals surface area contributed by atoms with Crippen LogP contribution in [-0.2, 0) is 0 Å². The maximum atomic E-state index is 13.2. The number of hydrogen-bond donors (Lipinski definition) is 0. The molecule has 1 amide bonds. The summed E-state index contributed by atoms with van der Waals surface area (Å²) in [6, 6.07) is 14.5. The van der Waals surface area contributed by atoms with Crippen LogP contribution in [0, 0.1) is 0 Å². The van der Waals surface area contributed by atoms with E-state index >= 15 is 0 Å². The van der Waals surface area contributed by atoms with Crippen LogP contribution in [0.2, 0.25) is 5.15 Å². The normalized spacial score (nSPS) is 16.0. The first kappa shape index (κ1) is 19.8. The highest BCUT2D eigenvalue weighted by Crippen LogP contribution is 2.39. The Hall–Kier alpha value is -3.16. The SMILES string of the molecule is CCOc1ccc2nc(Cl)c(C3CC(c4cccs4)=NN3C(=O)c3ccco3)cc2c1. The molecular formula is C23H18ClN3O3S. The third-order valence-corrected chi connectivity index (χ3v) is 6.31. The molecule has 0 radical (unpaired) electrons. The van der Waals surface area contributed by atoms with Gasteiger partial charge in [0.25, 0.3) is 0 Å². The molecule has 1 atom stereocenters. The third-order valence-electron chi connectivity index (χ3n) is 5.09. The number of pyridine rings is 1. The van der Waals surface area contributed by atoms with Gasteiger partial charge in [-0.2, -0.15) is 5.10 Å². The molecule has 8 heteroatoms. The van der Waals surface area contributed by atoms with Crippen molar-refractivity contribution in [3.63, 3.8) is 0 Å². The second kappa shape index (κ2) is 8.17. The molecule has 0 saturated heterocycles. The summed E-state index contributed by atoms with van der Waals surface area (Å²) in [6.07, 6.45) is 2.01. The quantitative estimate of drug-likeness (QED) is 0.352. The van der Waals surface area contributed by atoms with Gasteiger partial charge in [0, 0.05) is 17.4 Å². The van der Waals surface area contributed by atoms with Gasteiger partial charge in [-0.05, 0) is 54.8 Å². The summed E-state index contributed by atoms with van der Waals surface area (Å²) in [5.41, 5.74) is 2.33. The molecule has 156 valence electrons. The number of benzene rings is 1. The summed E-state index contributed by atoms with van der Waals surface area (Å²) in [7, 11) is 0. The highest BCUT2D eigenvalue weighted by Gasteiger charge is 2.36. The number of amides is 1. The number of furan rings is 1. The number of ether oxygens (including phenoxy) is 1. The summed E-state index contributed by atoms with van der Waals surface area (Å²) < 4.78 is 11.0. The van der Waals surface area contributed by atoms with Crippen molar-refractivity contribution >= 4 is 45.5 Å². The fourth-order valence-corrected chi connectivity index (χ4v) is 4.67. The number of nitrogens with zero attached hydrogens (tertiary/aromatic N) is 3. The van der Waals surface area contributed by atoms with Crippen LogP contribution < -0.4 is 4.74 Å². The minimum atomic E-state index is -0.394. The zero-order valence-corrected chi connectivity index (χ0v) is 18.2. The number of rotatable bonds is 5. The molecule has 4 heterocycles. The van der Waals surface area contributed by atoms with Crippen molar-refractivity contribution in [1.82, 2.24) is 9.99 Å². The van der Waals surface area contributed by atoms with Crippen molar-refractivity contribution in [2.75, 3.05) is 6.61 Å². The second-order valence-corrected chi connectivity index (χ2v) is 8.33. The van der Waals surface area contributed by atoms with E-state index in [4.69, 9.17) is 20.8 Å². The van der Waals surface area contributed by atoms with E-state index in [2.05, 4.69) is 10.1 Å². The molecule has 1 aromatic carbocycles. The molecule has 4 aromatic rings. The van der Waals surface area contributed by atoms with E-state index in [-0.39, 0.29) is 11.7 Å². The van der Waals surface area contributed by atoms with Gasteiger partial charge in [-0.25, -0.2) is 9.99 Å². The van der Waals surface area contributed by atoms with Gasteiger partial charge in [0.15, 0.2) is 5.76 Å². The lowest BCUT2D eigenvalue weighted by molar-refractivity contribution is 0.0678. The Bertz CT molecular complexity index is 1270. The summed E-state index contributed by atoms with van der Waals surface area (Å²) in [5, 5.41) is 9.33. The van der Waals surface area contributed by atoms with Gasteiger partial charge in [0.1, 0.15) is 10.9 Å². The van der Waals surface area contributed by atoms with Crippen molar-refractivity contribution in [2.45, 2.75) is 19.4 Å². The van der Waals surface area contributed by atoms with Gasteiger partial charge in [0.05, 0.1) is 35.0 Å². The first-order valence-electron chi connectivity index (χ1n) is 9.85. The monoisotopic (exact) mass is 451 g/mol. The molecule has 1 unspecified atom stereocenters. The number of aromatic nitrogens is 1. The van der Waals surface area contributed by atoms with E-state index in [1.807, 2.05) is 48.7 Å². The number of hydrogen-bond acceptors (Lipinski definition) is 6. The fraction of sp³-hybridized carbons (Fsp3) is 0.174. The Balaban J connectivity index is 1.59. The average molecular weight is 452 g/mol. The summed E-state index contributed by atoms with van der Waals surface area (Å²) in [6.45, 7) is 2.52. The number of carbonyl (C=O) groups excluding carboxylic acids is 1. The van der Waals surface area contributed by atoms with Gasteiger partial charge >= 0.3 is 5.91 Å². The smallest absolute Gasteiger partial charge is 0.310 e. The maximum absolute atomic E-state index is 13.2. The van der Waals surface area contributed by atoms with E-state index in [1.54, 1.807) is 23.5 Å².